The molecule has 2 unspecified atom stereocenters. The lowest BCUT2D eigenvalue weighted by atomic mass is 9.78. The van der Waals surface area contributed by atoms with E-state index in [0.29, 0.717) is 22.9 Å². The van der Waals surface area contributed by atoms with Crippen LogP contribution in [0.3, 0.4) is 0 Å². The number of anilines is 1. The summed E-state index contributed by atoms with van der Waals surface area (Å²) >= 11 is 11.9. The van der Waals surface area contributed by atoms with Crippen molar-refractivity contribution < 1.29 is 15.0 Å². The number of phenolic OH excluding ortho intramolecular Hbond substituents is 1. The van der Waals surface area contributed by atoms with Crippen molar-refractivity contribution in [1.29, 1.82) is 0 Å². The highest BCUT2D eigenvalue weighted by Gasteiger charge is 2.48. The lowest BCUT2D eigenvalue weighted by molar-refractivity contribution is -0.131. The Morgan fingerprint density at radius 3 is 2.03 bits per heavy atom. The highest BCUT2D eigenvalue weighted by molar-refractivity contribution is 6.30. The molecule has 1 aliphatic heterocycles. The maximum Gasteiger partial charge on any atom is 0.233 e. The molecule has 3 aromatic rings. The number of carbonyl (C=O) groups excluding carboxylic acids is 1. The van der Waals surface area contributed by atoms with E-state index in [-0.39, 0.29) is 23.6 Å². The molecule has 3 aromatic carbocycles. The number of aliphatic hydroxyl groups is 1. The standard InChI is InChI=1S/C24H21Cl2NO3/c25-17-5-1-15(2-6-17)22(29)14-13-21-23(16-3-11-20(28)12-4-16)27(24(21)30)19-9-7-18(26)8-10-19/h1-12,21-23,28-29H,13-14H2/t21?,22-,23?/m1/s1. The summed E-state index contributed by atoms with van der Waals surface area (Å²) in [7, 11) is 0. The van der Waals surface area contributed by atoms with E-state index in [2.05, 4.69) is 0 Å². The molecule has 1 fully saturated rings. The number of hydrogen-bond acceptors (Lipinski definition) is 3. The summed E-state index contributed by atoms with van der Waals surface area (Å²) in [5.74, 6) is -0.0666. The van der Waals surface area contributed by atoms with Gasteiger partial charge in [-0.05, 0) is 72.5 Å². The Bertz CT molecular complexity index is 1020. The molecule has 4 rings (SSSR count). The number of amides is 1. The SMILES string of the molecule is O=C1C(CC[C@@H](O)c2ccc(Cl)cc2)C(c2ccc(O)cc2)N1c1ccc(Cl)cc1. The highest BCUT2D eigenvalue weighted by Crippen LogP contribution is 2.46. The number of halogens is 2. The first kappa shape index (κ1) is 20.7. The Kier molecular flexibility index (Phi) is 6.00. The average Bonchev–Trinajstić information content (AvgIpc) is 2.74. The van der Waals surface area contributed by atoms with Gasteiger partial charge in [0.25, 0.3) is 0 Å². The zero-order valence-electron chi connectivity index (χ0n) is 16.1. The second-order valence-electron chi connectivity index (χ2n) is 7.47. The number of β-lactam (4-membered cyclic amide) rings is 1. The maximum absolute atomic E-state index is 13.0. The Balaban J connectivity index is 1.55. The van der Waals surface area contributed by atoms with E-state index in [0.717, 1.165) is 16.8 Å². The zero-order chi connectivity index (χ0) is 21.3. The third kappa shape index (κ3) is 4.17. The van der Waals surface area contributed by atoms with Gasteiger partial charge in [0.15, 0.2) is 0 Å². The second-order valence-corrected chi connectivity index (χ2v) is 8.35. The van der Waals surface area contributed by atoms with Crippen LogP contribution in [0.25, 0.3) is 0 Å². The first-order valence-corrected chi connectivity index (χ1v) is 10.5. The number of benzene rings is 3. The van der Waals surface area contributed by atoms with Crippen molar-refractivity contribution in [3.63, 3.8) is 0 Å². The highest BCUT2D eigenvalue weighted by atomic mass is 35.5. The fraction of sp³-hybridized carbons (Fsp3) is 0.208. The summed E-state index contributed by atoms with van der Waals surface area (Å²) in [6.45, 7) is 0. The third-order valence-corrected chi connectivity index (χ3v) is 6.06. The molecule has 0 bridgehead atoms. The van der Waals surface area contributed by atoms with Gasteiger partial charge in [-0.25, -0.2) is 0 Å². The zero-order valence-corrected chi connectivity index (χ0v) is 17.6. The van der Waals surface area contributed by atoms with Crippen LogP contribution in [-0.2, 0) is 4.79 Å². The van der Waals surface area contributed by atoms with Crippen molar-refractivity contribution in [3.8, 4) is 5.75 Å². The van der Waals surface area contributed by atoms with Gasteiger partial charge in [0, 0.05) is 15.7 Å². The van der Waals surface area contributed by atoms with E-state index in [9.17, 15) is 15.0 Å². The van der Waals surface area contributed by atoms with E-state index >= 15 is 0 Å². The molecular weight excluding hydrogens is 421 g/mol. The van der Waals surface area contributed by atoms with Gasteiger partial charge in [-0.15, -0.1) is 0 Å². The Hall–Kier alpha value is -2.53. The number of nitrogens with zero attached hydrogens (tertiary/aromatic N) is 1. The largest absolute Gasteiger partial charge is 0.508 e. The van der Waals surface area contributed by atoms with E-state index in [1.807, 2.05) is 24.3 Å². The molecule has 30 heavy (non-hydrogen) atoms. The van der Waals surface area contributed by atoms with Gasteiger partial charge < -0.3 is 15.1 Å². The van der Waals surface area contributed by atoms with Gasteiger partial charge in [-0.2, -0.15) is 0 Å². The van der Waals surface area contributed by atoms with Crippen molar-refractivity contribution in [2.75, 3.05) is 4.90 Å². The minimum absolute atomic E-state index is 0.0127. The summed E-state index contributed by atoms with van der Waals surface area (Å²) in [5.41, 5.74) is 2.49. The van der Waals surface area contributed by atoms with Gasteiger partial charge >= 0.3 is 0 Å². The molecule has 2 N–H and O–H groups in total. The fourth-order valence-corrected chi connectivity index (χ4v) is 4.21. The summed E-state index contributed by atoms with van der Waals surface area (Å²) in [5, 5.41) is 21.4. The Morgan fingerprint density at radius 1 is 0.867 bits per heavy atom. The number of carbonyl (C=O) groups is 1. The van der Waals surface area contributed by atoms with Crippen molar-refractivity contribution >= 4 is 34.8 Å². The monoisotopic (exact) mass is 441 g/mol. The molecule has 1 heterocycles. The van der Waals surface area contributed by atoms with E-state index in [4.69, 9.17) is 23.2 Å². The van der Waals surface area contributed by atoms with Crippen LogP contribution in [0.4, 0.5) is 5.69 Å². The number of aromatic hydroxyl groups is 1. The minimum atomic E-state index is -0.667. The third-order valence-electron chi connectivity index (χ3n) is 5.56. The van der Waals surface area contributed by atoms with Crippen LogP contribution in [-0.4, -0.2) is 16.1 Å². The van der Waals surface area contributed by atoms with Crippen molar-refractivity contribution in [1.82, 2.24) is 0 Å². The molecule has 1 amide bonds. The van der Waals surface area contributed by atoms with Gasteiger partial charge in [0.2, 0.25) is 5.91 Å². The normalized spacial score (nSPS) is 19.4. The van der Waals surface area contributed by atoms with E-state index in [1.165, 1.54) is 0 Å². The lowest BCUT2D eigenvalue weighted by Crippen LogP contribution is -2.55. The van der Waals surface area contributed by atoms with Gasteiger partial charge in [0.1, 0.15) is 5.75 Å². The molecule has 0 radical (unpaired) electrons. The molecule has 154 valence electrons. The van der Waals surface area contributed by atoms with Crippen molar-refractivity contribution in [3.05, 3.63) is 94.0 Å². The molecule has 6 heteroatoms. The molecule has 0 spiro atoms. The van der Waals surface area contributed by atoms with Crippen molar-refractivity contribution in [2.45, 2.75) is 25.0 Å². The molecule has 0 saturated carbocycles. The first-order valence-electron chi connectivity index (χ1n) is 9.75. The molecule has 0 aliphatic carbocycles. The summed E-state index contributed by atoms with van der Waals surface area (Å²) in [6, 6.07) is 21.0. The van der Waals surface area contributed by atoms with E-state index in [1.54, 1.807) is 53.4 Å². The number of hydrogen-bond donors (Lipinski definition) is 2. The van der Waals surface area contributed by atoms with Crippen LogP contribution in [0.2, 0.25) is 10.0 Å². The summed E-state index contributed by atoms with van der Waals surface area (Å²) in [4.78, 5) is 14.8. The molecule has 1 aliphatic rings. The van der Waals surface area contributed by atoms with Crippen LogP contribution in [0.5, 0.6) is 5.75 Å². The summed E-state index contributed by atoms with van der Waals surface area (Å²) < 4.78 is 0. The van der Waals surface area contributed by atoms with Crippen LogP contribution >= 0.6 is 23.2 Å². The van der Waals surface area contributed by atoms with Crippen LogP contribution in [0.15, 0.2) is 72.8 Å². The first-order chi connectivity index (χ1) is 14.4. The molecule has 4 nitrogen and oxygen atoms in total. The molecule has 3 atom stereocenters. The number of aliphatic hydroxyl groups excluding tert-OH is 1. The minimum Gasteiger partial charge on any atom is -0.508 e. The Morgan fingerprint density at radius 2 is 1.43 bits per heavy atom. The topological polar surface area (TPSA) is 60.8 Å². The summed E-state index contributed by atoms with van der Waals surface area (Å²) in [6.07, 6.45) is 0.333. The second kappa shape index (κ2) is 8.68. The predicted molar refractivity (Wildman–Crippen MR) is 119 cm³/mol. The average molecular weight is 442 g/mol. The van der Waals surface area contributed by atoms with Gasteiger partial charge in [-0.1, -0.05) is 47.5 Å². The fourth-order valence-electron chi connectivity index (χ4n) is 3.96. The smallest absolute Gasteiger partial charge is 0.233 e. The quantitative estimate of drug-likeness (QED) is 0.466. The predicted octanol–water partition coefficient (Wildman–Crippen LogP) is 5.92. The number of phenols is 1. The Labute approximate surface area is 185 Å². The van der Waals surface area contributed by atoms with Gasteiger partial charge in [-0.3, -0.25) is 4.79 Å². The maximum atomic E-state index is 13.0. The van der Waals surface area contributed by atoms with Gasteiger partial charge in [0.05, 0.1) is 18.1 Å². The molecule has 0 aromatic heterocycles. The molecular formula is C24H21Cl2NO3. The van der Waals surface area contributed by atoms with Crippen LogP contribution in [0.1, 0.15) is 36.1 Å². The van der Waals surface area contributed by atoms with Crippen LogP contribution < -0.4 is 4.90 Å². The van der Waals surface area contributed by atoms with Crippen LogP contribution in [0, 0.1) is 5.92 Å². The van der Waals surface area contributed by atoms with E-state index < -0.39 is 6.10 Å². The number of rotatable bonds is 6. The lowest BCUT2D eigenvalue weighted by Gasteiger charge is -2.48. The molecule has 1 saturated heterocycles. The van der Waals surface area contributed by atoms with Crippen molar-refractivity contribution in [2.24, 2.45) is 5.92 Å².